The number of hydrogen-bond donors (Lipinski definition) is 1. The maximum atomic E-state index is 12.5. The van der Waals surface area contributed by atoms with Gasteiger partial charge in [-0.05, 0) is 33.3 Å². The van der Waals surface area contributed by atoms with Crippen LogP contribution in [0.25, 0.3) is 10.2 Å². The van der Waals surface area contributed by atoms with E-state index in [2.05, 4.69) is 20.2 Å². The van der Waals surface area contributed by atoms with E-state index in [4.69, 9.17) is 4.74 Å². The van der Waals surface area contributed by atoms with Crippen molar-refractivity contribution in [3.05, 3.63) is 31.6 Å². The van der Waals surface area contributed by atoms with Gasteiger partial charge in [0.05, 0.1) is 17.2 Å². The Kier molecular flexibility index (Phi) is 5.21. The third kappa shape index (κ3) is 3.60. The number of hydrogen-bond acceptors (Lipinski definition) is 9. The van der Waals surface area contributed by atoms with Gasteiger partial charge in [-0.2, -0.15) is 0 Å². The number of esters is 1. The highest BCUT2D eigenvalue weighted by Crippen LogP contribution is 2.35. The van der Waals surface area contributed by atoms with Gasteiger partial charge in [-0.3, -0.25) is 4.79 Å². The molecule has 0 aliphatic heterocycles. The summed E-state index contributed by atoms with van der Waals surface area (Å²) in [6.07, 6.45) is 0. The van der Waals surface area contributed by atoms with Crippen molar-refractivity contribution in [2.45, 2.75) is 37.3 Å². The first kappa shape index (κ1) is 18.0. The molecule has 7 nitrogen and oxygen atoms in total. The zero-order valence-electron chi connectivity index (χ0n) is 14.1. The van der Waals surface area contributed by atoms with Crippen molar-refractivity contribution >= 4 is 50.6 Å². The number of carbonyl (C=O) groups is 1. The van der Waals surface area contributed by atoms with Crippen molar-refractivity contribution in [2.24, 2.45) is 0 Å². The van der Waals surface area contributed by atoms with Crippen LogP contribution in [0.4, 0.5) is 0 Å². The van der Waals surface area contributed by atoms with Crippen LogP contribution in [0.2, 0.25) is 0 Å². The van der Waals surface area contributed by atoms with Gasteiger partial charge >= 0.3 is 5.97 Å². The highest BCUT2D eigenvalue weighted by Gasteiger charge is 2.22. The van der Waals surface area contributed by atoms with Gasteiger partial charge in [-0.1, -0.05) is 23.1 Å². The Morgan fingerprint density at radius 3 is 2.72 bits per heavy atom. The Labute approximate surface area is 155 Å². The number of ether oxygens (including phenoxy) is 1. The second-order valence-corrected chi connectivity index (χ2v) is 9.02. The molecule has 0 fully saturated rings. The first-order chi connectivity index (χ1) is 11.9. The number of rotatable bonds is 5. The van der Waals surface area contributed by atoms with E-state index in [1.165, 1.54) is 34.4 Å². The van der Waals surface area contributed by atoms with Crippen molar-refractivity contribution in [3.63, 3.8) is 0 Å². The predicted molar refractivity (Wildman–Crippen MR) is 99.9 cm³/mol. The normalized spacial score (nSPS) is 12.5. The van der Waals surface area contributed by atoms with Crippen molar-refractivity contribution in [2.75, 3.05) is 6.61 Å². The van der Waals surface area contributed by atoms with E-state index in [1.54, 1.807) is 13.8 Å². The maximum absolute atomic E-state index is 12.5. The molecular formula is C15H16N4O3S3. The molecule has 0 unspecified atom stereocenters. The highest BCUT2D eigenvalue weighted by molar-refractivity contribution is 8.01. The van der Waals surface area contributed by atoms with Crippen molar-refractivity contribution in [1.29, 1.82) is 0 Å². The van der Waals surface area contributed by atoms with Crippen LogP contribution in [0, 0.1) is 13.8 Å². The van der Waals surface area contributed by atoms with Gasteiger partial charge in [0.1, 0.15) is 20.5 Å². The second kappa shape index (κ2) is 7.22. The number of aryl methyl sites for hydroxylation is 2. The molecule has 1 atom stereocenters. The third-order valence-electron chi connectivity index (χ3n) is 3.45. The van der Waals surface area contributed by atoms with Crippen LogP contribution in [0.3, 0.4) is 0 Å². The van der Waals surface area contributed by atoms with E-state index in [9.17, 15) is 9.59 Å². The zero-order valence-corrected chi connectivity index (χ0v) is 16.5. The Bertz CT molecular complexity index is 992. The van der Waals surface area contributed by atoms with Gasteiger partial charge in [0, 0.05) is 0 Å². The summed E-state index contributed by atoms with van der Waals surface area (Å²) in [7, 11) is 0. The number of fused-ring (bicyclic) bond motifs is 1. The molecule has 0 bridgehead atoms. The monoisotopic (exact) mass is 396 g/mol. The Morgan fingerprint density at radius 2 is 2.08 bits per heavy atom. The first-order valence-corrected chi connectivity index (χ1v) is 10.1. The number of thiophene rings is 1. The van der Waals surface area contributed by atoms with E-state index >= 15 is 0 Å². The second-order valence-electron chi connectivity index (χ2n) is 5.26. The standard InChI is InChI=1S/C15H16N4O3S3/c1-5-22-14(21)10-6(2)9-12(20)16-11(17-13(9)25-10)7(3)23-15-19-18-8(4)24-15/h7H,5H2,1-4H3,(H,16,17,20)/t7-/m0/s1. The van der Waals surface area contributed by atoms with Gasteiger partial charge < -0.3 is 9.72 Å². The summed E-state index contributed by atoms with van der Waals surface area (Å²) in [5.41, 5.74) is 0.365. The van der Waals surface area contributed by atoms with Crippen LogP contribution in [0.1, 0.15) is 45.2 Å². The number of nitrogens with one attached hydrogen (secondary N) is 1. The summed E-state index contributed by atoms with van der Waals surface area (Å²) in [5, 5.41) is 9.30. The fraction of sp³-hybridized carbons (Fsp3) is 0.400. The zero-order chi connectivity index (χ0) is 18.1. The van der Waals surface area contributed by atoms with E-state index in [0.29, 0.717) is 26.5 Å². The summed E-state index contributed by atoms with van der Waals surface area (Å²) in [6.45, 7) is 7.61. The van der Waals surface area contributed by atoms with Gasteiger partial charge in [0.2, 0.25) is 0 Å². The summed E-state index contributed by atoms with van der Waals surface area (Å²) in [4.78, 5) is 32.9. The van der Waals surface area contributed by atoms with Gasteiger partial charge in [-0.15, -0.1) is 21.5 Å². The van der Waals surface area contributed by atoms with Crippen molar-refractivity contribution < 1.29 is 9.53 Å². The van der Waals surface area contributed by atoms with Crippen molar-refractivity contribution in [3.8, 4) is 0 Å². The van der Waals surface area contributed by atoms with Crippen LogP contribution >= 0.6 is 34.4 Å². The number of thioether (sulfide) groups is 1. The van der Waals surface area contributed by atoms with Crippen LogP contribution in [0.5, 0.6) is 0 Å². The molecule has 3 heterocycles. The molecule has 0 radical (unpaired) electrons. The molecule has 0 aromatic carbocycles. The predicted octanol–water partition coefficient (Wildman–Crippen LogP) is 3.48. The van der Waals surface area contributed by atoms with Crippen LogP contribution in [0.15, 0.2) is 9.13 Å². The number of carbonyl (C=O) groups excluding carboxylic acids is 1. The molecule has 3 aromatic heterocycles. The Hall–Kier alpha value is -1.78. The molecular weight excluding hydrogens is 380 g/mol. The molecule has 132 valence electrons. The molecule has 1 N–H and O–H groups in total. The molecule has 0 spiro atoms. The SMILES string of the molecule is CCOC(=O)c1sc2nc([C@H](C)Sc3nnc(C)s3)[nH]c(=O)c2c1C. The summed E-state index contributed by atoms with van der Waals surface area (Å²) in [5.74, 6) is 0.128. The number of nitrogens with zero attached hydrogens (tertiary/aromatic N) is 3. The maximum Gasteiger partial charge on any atom is 0.348 e. The highest BCUT2D eigenvalue weighted by atomic mass is 32.2. The minimum atomic E-state index is -0.421. The lowest BCUT2D eigenvalue weighted by molar-refractivity contribution is 0.0531. The molecule has 10 heteroatoms. The van der Waals surface area contributed by atoms with E-state index in [-0.39, 0.29) is 17.4 Å². The molecule has 0 saturated carbocycles. The topological polar surface area (TPSA) is 97.8 Å². The minimum absolute atomic E-state index is 0.0992. The largest absolute Gasteiger partial charge is 0.462 e. The molecule has 3 rings (SSSR count). The summed E-state index contributed by atoms with van der Waals surface area (Å²) >= 11 is 4.17. The Balaban J connectivity index is 1.98. The van der Waals surface area contributed by atoms with E-state index in [1.807, 2.05) is 13.8 Å². The van der Waals surface area contributed by atoms with E-state index < -0.39 is 5.97 Å². The lowest BCUT2D eigenvalue weighted by Gasteiger charge is -2.07. The smallest absolute Gasteiger partial charge is 0.348 e. The molecule has 0 aliphatic rings. The number of H-pyrrole nitrogens is 1. The molecule has 0 saturated heterocycles. The van der Waals surface area contributed by atoms with Gasteiger partial charge in [-0.25, -0.2) is 9.78 Å². The molecule has 25 heavy (non-hydrogen) atoms. The minimum Gasteiger partial charge on any atom is -0.462 e. The van der Waals surface area contributed by atoms with E-state index in [0.717, 1.165) is 9.35 Å². The van der Waals surface area contributed by atoms with Crippen LogP contribution < -0.4 is 5.56 Å². The number of aromatic amines is 1. The Morgan fingerprint density at radius 1 is 1.32 bits per heavy atom. The van der Waals surface area contributed by atoms with Gasteiger partial charge in [0.15, 0.2) is 4.34 Å². The van der Waals surface area contributed by atoms with Gasteiger partial charge in [0.25, 0.3) is 5.56 Å². The van der Waals surface area contributed by atoms with Crippen LogP contribution in [-0.2, 0) is 4.74 Å². The quantitative estimate of drug-likeness (QED) is 0.521. The summed E-state index contributed by atoms with van der Waals surface area (Å²) in [6, 6.07) is 0. The molecule has 3 aromatic rings. The average molecular weight is 397 g/mol. The van der Waals surface area contributed by atoms with Crippen LogP contribution in [-0.4, -0.2) is 32.7 Å². The molecule has 0 amide bonds. The third-order valence-corrected chi connectivity index (χ3v) is 6.65. The fourth-order valence-electron chi connectivity index (χ4n) is 2.28. The first-order valence-electron chi connectivity index (χ1n) is 7.57. The fourth-order valence-corrected chi connectivity index (χ4v) is 5.38. The van der Waals surface area contributed by atoms with Crippen molar-refractivity contribution in [1.82, 2.24) is 20.2 Å². The molecule has 0 aliphatic carbocycles. The lowest BCUT2D eigenvalue weighted by Crippen LogP contribution is -2.12. The number of aromatic nitrogens is 4. The summed E-state index contributed by atoms with van der Waals surface area (Å²) < 4.78 is 5.87. The average Bonchev–Trinajstić information content (AvgIpc) is 3.11. The lowest BCUT2D eigenvalue weighted by atomic mass is 10.2.